The second kappa shape index (κ2) is 13.7. The number of carbonyl (C=O) groups is 2. The van der Waals surface area contributed by atoms with Gasteiger partial charge < -0.3 is 14.9 Å². The first-order valence-corrected chi connectivity index (χ1v) is 13.1. The van der Waals surface area contributed by atoms with Crippen LogP contribution in [-0.4, -0.2) is 41.2 Å². The lowest BCUT2D eigenvalue weighted by atomic mass is 10.0. The Kier molecular flexibility index (Phi) is 10.3. The molecule has 7 nitrogen and oxygen atoms in total. The van der Waals surface area contributed by atoms with Crippen molar-refractivity contribution in [1.29, 1.82) is 0 Å². The Bertz CT molecular complexity index is 1140. The Morgan fingerprint density at radius 2 is 1.78 bits per heavy atom. The van der Waals surface area contributed by atoms with Crippen LogP contribution in [0.25, 0.3) is 11.0 Å². The normalized spacial score (nSPS) is 11.9. The van der Waals surface area contributed by atoms with Crippen molar-refractivity contribution in [2.24, 2.45) is 0 Å². The zero-order valence-electron chi connectivity index (χ0n) is 22.0. The van der Waals surface area contributed by atoms with Gasteiger partial charge in [0.2, 0.25) is 0 Å². The van der Waals surface area contributed by atoms with E-state index in [1.165, 1.54) is 18.2 Å². The van der Waals surface area contributed by atoms with Crippen molar-refractivity contribution in [1.82, 2.24) is 9.66 Å². The molecular weight excluding hydrogens is 454 g/mol. The van der Waals surface area contributed by atoms with Crippen molar-refractivity contribution in [2.45, 2.75) is 78.2 Å². The number of fused-ring (bicyclic) bond motifs is 1. The number of ketones is 1. The minimum atomic E-state index is -0.257. The molecule has 0 aliphatic heterocycles. The number of hydrogen-bond donors (Lipinski definition) is 1. The summed E-state index contributed by atoms with van der Waals surface area (Å²) in [7, 11) is 1.40. The second-order valence-electron chi connectivity index (χ2n) is 9.15. The highest BCUT2D eigenvalue weighted by Crippen LogP contribution is 2.22. The number of aromatic nitrogens is 2. The number of nitrogens with one attached hydrogen (secondary N) is 1. The van der Waals surface area contributed by atoms with E-state index in [9.17, 15) is 9.59 Å². The Labute approximate surface area is 214 Å². The molecule has 1 atom stereocenters. The zero-order chi connectivity index (χ0) is 25.9. The molecule has 1 unspecified atom stereocenters. The van der Waals surface area contributed by atoms with Gasteiger partial charge in [-0.15, -0.1) is 0 Å². The Hall–Kier alpha value is -3.35. The Balaban J connectivity index is 1.72. The molecule has 1 heterocycles. The van der Waals surface area contributed by atoms with Crippen LogP contribution in [-0.2, 0) is 27.2 Å². The molecule has 0 aliphatic rings. The highest BCUT2D eigenvalue weighted by atomic mass is 16.5. The summed E-state index contributed by atoms with van der Waals surface area (Å²) in [4.78, 5) is 28.4. The lowest BCUT2D eigenvalue weighted by Gasteiger charge is -2.17. The van der Waals surface area contributed by atoms with Gasteiger partial charge in [-0.1, -0.05) is 51.8 Å². The largest absolute Gasteiger partial charge is 0.490 e. The van der Waals surface area contributed by atoms with Gasteiger partial charge in [0.15, 0.2) is 5.78 Å². The number of rotatable bonds is 15. The average Bonchev–Trinajstić information content (AvgIpc) is 3.23. The number of carbonyl (C=O) groups excluding carboxylic acids is 2. The smallest absolute Gasteiger partial charge is 0.309 e. The molecule has 0 radical (unpaired) electrons. The van der Waals surface area contributed by atoms with E-state index in [0.717, 1.165) is 61.1 Å². The number of esters is 1. The van der Waals surface area contributed by atoms with Crippen molar-refractivity contribution in [3.05, 3.63) is 59.4 Å². The van der Waals surface area contributed by atoms with Crippen molar-refractivity contribution in [3.8, 4) is 5.75 Å². The van der Waals surface area contributed by atoms with Crippen molar-refractivity contribution in [3.63, 3.8) is 0 Å². The number of aryl methyl sites for hydroxylation is 1. The first kappa shape index (κ1) is 27.2. The SMILES string of the molecule is CCCCc1nc2cc(Cc3ccc(OC(CCC)CC(=O)OC)cc3)ccc2n1NCC(=O)CC. The van der Waals surface area contributed by atoms with Crippen molar-refractivity contribution < 1.29 is 19.1 Å². The molecule has 0 bridgehead atoms. The highest BCUT2D eigenvalue weighted by Gasteiger charge is 2.16. The maximum absolute atomic E-state index is 11.9. The number of ether oxygens (including phenoxy) is 2. The van der Waals surface area contributed by atoms with Crippen molar-refractivity contribution in [2.75, 3.05) is 19.1 Å². The van der Waals surface area contributed by atoms with Crippen molar-refractivity contribution >= 4 is 22.8 Å². The number of methoxy groups -OCH3 is 1. The summed E-state index contributed by atoms with van der Waals surface area (Å²) >= 11 is 0. The first-order valence-electron chi connectivity index (χ1n) is 13.1. The van der Waals surface area contributed by atoms with E-state index in [4.69, 9.17) is 14.5 Å². The van der Waals surface area contributed by atoms with E-state index in [1.54, 1.807) is 0 Å². The van der Waals surface area contributed by atoms with Gasteiger partial charge in [0.1, 0.15) is 17.7 Å². The number of hydrogen-bond acceptors (Lipinski definition) is 6. The standard InChI is InChI=1S/C29H39N3O4/c1-5-8-10-28-31-26-18-22(13-16-27(26)32(28)30-20-23(33)7-3)17-21-11-14-24(15-12-21)36-25(9-6-2)19-29(34)35-4/h11-16,18,25,30H,5-10,17,19-20H2,1-4H3. The fourth-order valence-electron chi connectivity index (χ4n) is 4.16. The van der Waals surface area contributed by atoms with Gasteiger partial charge in [0.05, 0.1) is 31.1 Å². The molecule has 0 aliphatic carbocycles. The van der Waals surface area contributed by atoms with Gasteiger partial charge in [-0.05, 0) is 54.7 Å². The maximum Gasteiger partial charge on any atom is 0.309 e. The fraction of sp³-hybridized carbons (Fsp3) is 0.483. The van der Waals surface area contributed by atoms with Crippen LogP contribution in [0.5, 0.6) is 5.75 Å². The molecule has 1 N–H and O–H groups in total. The number of imidazole rings is 1. The third kappa shape index (κ3) is 7.57. The van der Waals surface area contributed by atoms with Crippen LogP contribution in [0.2, 0.25) is 0 Å². The van der Waals surface area contributed by atoms with Gasteiger partial charge in [-0.25, -0.2) is 9.66 Å². The molecule has 3 rings (SSSR count). The summed E-state index contributed by atoms with van der Waals surface area (Å²) in [6.45, 7) is 6.42. The predicted octanol–water partition coefficient (Wildman–Crippen LogP) is 5.60. The second-order valence-corrected chi connectivity index (χ2v) is 9.15. The molecular formula is C29H39N3O4. The van der Waals surface area contributed by atoms with Crippen LogP contribution in [0.1, 0.15) is 76.2 Å². The van der Waals surface area contributed by atoms with Gasteiger partial charge in [0, 0.05) is 12.8 Å². The van der Waals surface area contributed by atoms with Gasteiger partial charge >= 0.3 is 5.97 Å². The third-order valence-corrected chi connectivity index (χ3v) is 6.24. The Morgan fingerprint density at radius 3 is 2.44 bits per heavy atom. The van der Waals surface area contributed by atoms with Crippen LogP contribution in [0.4, 0.5) is 0 Å². The van der Waals surface area contributed by atoms with Crippen LogP contribution in [0.15, 0.2) is 42.5 Å². The van der Waals surface area contributed by atoms with E-state index < -0.39 is 0 Å². The zero-order valence-corrected chi connectivity index (χ0v) is 22.0. The van der Waals surface area contributed by atoms with E-state index in [2.05, 4.69) is 49.6 Å². The van der Waals surface area contributed by atoms with E-state index in [0.29, 0.717) is 13.0 Å². The lowest BCUT2D eigenvalue weighted by Crippen LogP contribution is -2.23. The van der Waals surface area contributed by atoms with Crippen LogP contribution < -0.4 is 10.2 Å². The summed E-state index contributed by atoms with van der Waals surface area (Å²) in [5, 5.41) is 0. The van der Waals surface area contributed by atoms with Gasteiger partial charge in [-0.3, -0.25) is 9.59 Å². The minimum Gasteiger partial charge on any atom is -0.490 e. The molecule has 1 aromatic heterocycles. The molecule has 0 spiro atoms. The molecule has 194 valence electrons. The number of nitrogens with zero attached hydrogens (tertiary/aromatic N) is 2. The van der Waals surface area contributed by atoms with Crippen LogP contribution >= 0.6 is 0 Å². The molecule has 3 aromatic rings. The van der Waals surface area contributed by atoms with Gasteiger partial charge in [-0.2, -0.15) is 0 Å². The minimum absolute atomic E-state index is 0.175. The molecule has 0 amide bonds. The fourth-order valence-corrected chi connectivity index (χ4v) is 4.16. The topological polar surface area (TPSA) is 82.4 Å². The first-order chi connectivity index (χ1) is 17.5. The summed E-state index contributed by atoms with van der Waals surface area (Å²) in [5.74, 6) is 1.63. The Morgan fingerprint density at radius 1 is 1.03 bits per heavy atom. The van der Waals surface area contributed by atoms with E-state index >= 15 is 0 Å². The van der Waals surface area contributed by atoms with E-state index in [-0.39, 0.29) is 24.3 Å². The number of Topliss-reactive ketones (excluding diaryl/α,β-unsaturated/α-hetero) is 1. The van der Waals surface area contributed by atoms with E-state index in [1.807, 2.05) is 23.7 Å². The highest BCUT2D eigenvalue weighted by molar-refractivity contribution is 5.82. The third-order valence-electron chi connectivity index (χ3n) is 6.24. The summed E-state index contributed by atoms with van der Waals surface area (Å²) < 4.78 is 12.8. The molecule has 0 fully saturated rings. The van der Waals surface area contributed by atoms with Crippen LogP contribution in [0.3, 0.4) is 0 Å². The quantitative estimate of drug-likeness (QED) is 0.277. The summed E-state index contributed by atoms with van der Waals surface area (Å²) in [6, 6.07) is 14.4. The van der Waals surface area contributed by atoms with Crippen LogP contribution in [0, 0.1) is 0 Å². The lowest BCUT2D eigenvalue weighted by molar-refractivity contribution is -0.142. The monoisotopic (exact) mass is 493 g/mol. The number of unbranched alkanes of at least 4 members (excludes halogenated alkanes) is 1. The van der Waals surface area contributed by atoms with Gasteiger partial charge in [0.25, 0.3) is 0 Å². The molecule has 0 saturated carbocycles. The molecule has 2 aromatic carbocycles. The summed E-state index contributed by atoms with van der Waals surface area (Å²) in [6.07, 6.45) is 6.09. The molecule has 36 heavy (non-hydrogen) atoms. The number of benzene rings is 2. The molecule has 7 heteroatoms. The predicted molar refractivity (Wildman–Crippen MR) is 143 cm³/mol. The summed E-state index contributed by atoms with van der Waals surface area (Å²) in [5.41, 5.74) is 7.53. The maximum atomic E-state index is 11.9. The molecule has 0 saturated heterocycles. The average molecular weight is 494 g/mol.